The first-order chi connectivity index (χ1) is 17.1. The average molecular weight is 492 g/mol. The summed E-state index contributed by atoms with van der Waals surface area (Å²) < 4.78 is 6.30. The Morgan fingerprint density at radius 2 is 1.64 bits per heavy atom. The Kier molecular flexibility index (Phi) is 7.50. The minimum Gasteiger partial charge on any atom is -0.353 e. The van der Waals surface area contributed by atoms with Crippen molar-refractivity contribution >= 4 is 17.7 Å². The lowest BCUT2D eigenvalue weighted by Gasteiger charge is -2.45. The fourth-order valence-electron chi connectivity index (χ4n) is 5.08. The van der Waals surface area contributed by atoms with Gasteiger partial charge in [-0.05, 0) is 29.5 Å². The van der Waals surface area contributed by atoms with Gasteiger partial charge in [0.15, 0.2) is 0 Å². The van der Waals surface area contributed by atoms with Crippen LogP contribution in [0.3, 0.4) is 0 Å². The van der Waals surface area contributed by atoms with Gasteiger partial charge in [-0.2, -0.15) is 0 Å². The second-order valence-corrected chi connectivity index (χ2v) is 11.1. The molecule has 2 aromatic carbocycles. The molecular formula is C29H37N3O4. The van der Waals surface area contributed by atoms with Crippen LogP contribution in [0.5, 0.6) is 0 Å². The normalized spacial score (nSPS) is 19.4. The highest BCUT2D eigenvalue weighted by Crippen LogP contribution is 2.39. The number of amides is 3. The van der Waals surface area contributed by atoms with E-state index in [0.29, 0.717) is 44.5 Å². The fraction of sp³-hybridized carbons (Fsp3) is 0.483. The number of benzene rings is 2. The molecule has 0 saturated carbocycles. The summed E-state index contributed by atoms with van der Waals surface area (Å²) in [5, 5.41) is 2.99. The molecule has 1 atom stereocenters. The van der Waals surface area contributed by atoms with Crippen molar-refractivity contribution in [2.24, 2.45) is 5.41 Å². The molecule has 4 rings (SSSR count). The number of ether oxygens (including phenoxy) is 1. The molecule has 2 aromatic rings. The van der Waals surface area contributed by atoms with E-state index in [1.807, 2.05) is 60.4 Å². The lowest BCUT2D eigenvalue weighted by molar-refractivity contribution is -0.145. The number of piperidine rings is 1. The molecule has 2 saturated heterocycles. The van der Waals surface area contributed by atoms with Gasteiger partial charge in [-0.1, -0.05) is 69.3 Å². The number of hydrogen-bond acceptors (Lipinski definition) is 4. The number of carbonyl (C=O) groups is 3. The Bertz CT molecular complexity index is 1100. The third-order valence-electron chi connectivity index (χ3n) is 7.05. The topological polar surface area (TPSA) is 79.0 Å². The minimum atomic E-state index is -0.910. The van der Waals surface area contributed by atoms with Crippen LogP contribution < -0.4 is 5.32 Å². The van der Waals surface area contributed by atoms with Gasteiger partial charge < -0.3 is 15.0 Å². The third kappa shape index (κ3) is 5.62. The number of carbonyl (C=O) groups excluding carboxylic acids is 3. The molecule has 0 unspecified atom stereocenters. The number of nitrogens with zero attached hydrogens (tertiary/aromatic N) is 2. The molecule has 7 heteroatoms. The van der Waals surface area contributed by atoms with Crippen LogP contribution in [0.2, 0.25) is 0 Å². The van der Waals surface area contributed by atoms with Crippen LogP contribution in [0.25, 0.3) is 0 Å². The molecule has 2 aliphatic heterocycles. The molecule has 1 N–H and O–H groups in total. The van der Waals surface area contributed by atoms with Crippen LogP contribution in [-0.4, -0.2) is 59.0 Å². The predicted molar refractivity (Wildman–Crippen MR) is 138 cm³/mol. The van der Waals surface area contributed by atoms with Crippen molar-refractivity contribution in [2.75, 3.05) is 19.7 Å². The minimum absolute atomic E-state index is 0.0924. The Morgan fingerprint density at radius 1 is 1.00 bits per heavy atom. The summed E-state index contributed by atoms with van der Waals surface area (Å²) >= 11 is 0. The monoisotopic (exact) mass is 491 g/mol. The summed E-state index contributed by atoms with van der Waals surface area (Å²) in [4.78, 5) is 43.6. The number of rotatable bonds is 5. The number of aryl methyl sites for hydroxylation is 1. The van der Waals surface area contributed by atoms with Crippen molar-refractivity contribution in [3.05, 3.63) is 71.3 Å². The summed E-state index contributed by atoms with van der Waals surface area (Å²) in [6.07, 6.45) is 1.42. The number of nitrogens with one attached hydrogen (secondary N) is 1. The maximum absolute atomic E-state index is 13.9. The lowest BCUT2D eigenvalue weighted by Crippen LogP contribution is -2.60. The van der Waals surface area contributed by atoms with Crippen molar-refractivity contribution in [1.82, 2.24) is 15.1 Å². The van der Waals surface area contributed by atoms with Gasteiger partial charge in [0, 0.05) is 44.5 Å². The highest BCUT2D eigenvalue weighted by Gasteiger charge is 2.54. The van der Waals surface area contributed by atoms with Gasteiger partial charge >= 0.3 is 0 Å². The van der Waals surface area contributed by atoms with E-state index in [1.54, 1.807) is 11.0 Å². The van der Waals surface area contributed by atoms with Crippen LogP contribution in [0.15, 0.2) is 54.6 Å². The Morgan fingerprint density at radius 3 is 2.28 bits per heavy atom. The zero-order chi connectivity index (χ0) is 25.9. The van der Waals surface area contributed by atoms with Gasteiger partial charge in [-0.25, -0.2) is 0 Å². The first kappa shape index (κ1) is 25.9. The number of hydrogen-bond donors (Lipinski definition) is 1. The highest BCUT2D eigenvalue weighted by molar-refractivity contribution is 5.99. The quantitative estimate of drug-likeness (QED) is 0.688. The smallest absolute Gasteiger partial charge is 0.257 e. The van der Waals surface area contributed by atoms with E-state index in [0.717, 1.165) is 11.1 Å². The van der Waals surface area contributed by atoms with Crippen molar-refractivity contribution < 1.29 is 19.1 Å². The van der Waals surface area contributed by atoms with E-state index >= 15 is 0 Å². The molecule has 2 heterocycles. The van der Waals surface area contributed by atoms with Crippen molar-refractivity contribution in [3.63, 3.8) is 0 Å². The van der Waals surface area contributed by atoms with Crippen LogP contribution in [-0.2, 0) is 20.9 Å². The Balaban J connectivity index is 1.55. The summed E-state index contributed by atoms with van der Waals surface area (Å²) in [6, 6.07) is 16.4. The Labute approximate surface area is 213 Å². The van der Waals surface area contributed by atoms with E-state index in [4.69, 9.17) is 4.74 Å². The van der Waals surface area contributed by atoms with Crippen LogP contribution in [0.4, 0.5) is 0 Å². The van der Waals surface area contributed by atoms with Crippen LogP contribution in [0.1, 0.15) is 61.5 Å². The lowest BCUT2D eigenvalue weighted by atomic mass is 9.90. The summed E-state index contributed by atoms with van der Waals surface area (Å²) in [5.74, 6) is -0.326. The van der Waals surface area contributed by atoms with Crippen molar-refractivity contribution in [1.29, 1.82) is 0 Å². The molecule has 192 valence electrons. The van der Waals surface area contributed by atoms with Gasteiger partial charge in [-0.3, -0.25) is 19.3 Å². The highest BCUT2D eigenvalue weighted by atomic mass is 16.5. The maximum atomic E-state index is 13.9. The first-order valence-electron chi connectivity index (χ1n) is 12.7. The molecule has 0 aliphatic carbocycles. The summed E-state index contributed by atoms with van der Waals surface area (Å²) in [7, 11) is 0. The molecule has 2 fully saturated rings. The standard InChI is InChI=1S/C29H37N3O4/c1-21-10-8-9-13-23(21)27(35)32-24(26(34)30-19-22-11-6-5-7-12-22)20-36-29(32)14-16-31(17-15-29)25(33)18-28(2,3)4/h5-13,24H,14-20H2,1-4H3,(H,30,34)/t24-/m0/s1. The van der Waals surface area contributed by atoms with Crippen molar-refractivity contribution in [3.8, 4) is 0 Å². The molecule has 1 spiro atoms. The molecule has 0 aromatic heterocycles. The molecule has 0 bridgehead atoms. The predicted octanol–water partition coefficient (Wildman–Crippen LogP) is 3.91. The second-order valence-electron chi connectivity index (χ2n) is 11.1. The van der Waals surface area contributed by atoms with Crippen LogP contribution >= 0.6 is 0 Å². The first-order valence-corrected chi connectivity index (χ1v) is 12.7. The van der Waals surface area contributed by atoms with Gasteiger partial charge in [0.2, 0.25) is 11.8 Å². The summed E-state index contributed by atoms with van der Waals surface area (Å²) in [5.41, 5.74) is 1.40. The SMILES string of the molecule is Cc1ccccc1C(=O)N1[C@H](C(=O)NCc2ccccc2)COC12CCN(C(=O)CC(C)(C)C)CC2. The van der Waals surface area contributed by atoms with E-state index in [2.05, 4.69) is 26.1 Å². The summed E-state index contributed by atoms with van der Waals surface area (Å²) in [6.45, 7) is 9.55. The van der Waals surface area contributed by atoms with E-state index in [1.165, 1.54) is 0 Å². The molecular weight excluding hydrogens is 454 g/mol. The van der Waals surface area contributed by atoms with Crippen LogP contribution in [0, 0.1) is 12.3 Å². The van der Waals surface area contributed by atoms with E-state index in [9.17, 15) is 14.4 Å². The maximum Gasteiger partial charge on any atom is 0.257 e. The van der Waals surface area contributed by atoms with E-state index < -0.39 is 11.8 Å². The zero-order valence-corrected chi connectivity index (χ0v) is 21.8. The molecule has 0 radical (unpaired) electrons. The van der Waals surface area contributed by atoms with E-state index in [-0.39, 0.29) is 29.7 Å². The van der Waals surface area contributed by atoms with Gasteiger partial charge in [0.1, 0.15) is 11.8 Å². The largest absolute Gasteiger partial charge is 0.353 e. The second kappa shape index (κ2) is 10.4. The van der Waals surface area contributed by atoms with Gasteiger partial charge in [0.05, 0.1) is 6.61 Å². The molecule has 7 nitrogen and oxygen atoms in total. The average Bonchev–Trinajstić information content (AvgIpc) is 3.21. The number of likely N-dealkylation sites (tertiary alicyclic amines) is 1. The molecule has 3 amide bonds. The third-order valence-corrected chi connectivity index (χ3v) is 7.05. The molecule has 2 aliphatic rings. The fourth-order valence-corrected chi connectivity index (χ4v) is 5.08. The van der Waals surface area contributed by atoms with Crippen molar-refractivity contribution in [2.45, 2.75) is 65.3 Å². The van der Waals surface area contributed by atoms with Gasteiger partial charge in [-0.15, -0.1) is 0 Å². The zero-order valence-electron chi connectivity index (χ0n) is 21.8. The Hall–Kier alpha value is -3.19. The molecule has 36 heavy (non-hydrogen) atoms. The van der Waals surface area contributed by atoms with Gasteiger partial charge in [0.25, 0.3) is 5.91 Å².